The number of nitrogens with one attached hydrogen (secondary N) is 1. The molecular formula is C12H9Cl2N3O2. The van der Waals surface area contributed by atoms with Crippen LogP contribution in [0.4, 0.5) is 5.69 Å². The molecule has 98 valence electrons. The van der Waals surface area contributed by atoms with Crippen LogP contribution in [0, 0.1) is 0 Å². The number of aromatic nitrogens is 2. The monoisotopic (exact) mass is 297 g/mol. The lowest BCUT2D eigenvalue weighted by Gasteiger charge is -2.08. The third-order valence-corrected chi connectivity index (χ3v) is 2.96. The van der Waals surface area contributed by atoms with Crippen molar-refractivity contribution in [2.24, 2.45) is 0 Å². The van der Waals surface area contributed by atoms with E-state index in [-0.39, 0.29) is 16.1 Å². The van der Waals surface area contributed by atoms with Crippen molar-refractivity contribution in [1.82, 2.24) is 9.97 Å². The van der Waals surface area contributed by atoms with Crippen molar-refractivity contribution in [3.8, 4) is 5.88 Å². The Kier molecular flexibility index (Phi) is 4.19. The van der Waals surface area contributed by atoms with Crippen LogP contribution in [0.15, 0.2) is 30.6 Å². The molecular weight excluding hydrogens is 289 g/mol. The van der Waals surface area contributed by atoms with Gasteiger partial charge in [0.15, 0.2) is 0 Å². The van der Waals surface area contributed by atoms with Gasteiger partial charge in [-0.15, -0.1) is 0 Å². The number of carbonyl (C=O) groups excluding carboxylic acids is 1. The molecule has 2 rings (SSSR count). The van der Waals surface area contributed by atoms with Gasteiger partial charge in [0.05, 0.1) is 17.7 Å². The molecule has 0 unspecified atom stereocenters. The van der Waals surface area contributed by atoms with E-state index in [1.807, 2.05) is 0 Å². The van der Waals surface area contributed by atoms with E-state index in [4.69, 9.17) is 27.9 Å². The predicted molar refractivity (Wildman–Crippen MR) is 73.0 cm³/mol. The fraction of sp³-hybridized carbons (Fsp3) is 0.0833. The van der Waals surface area contributed by atoms with Crippen LogP contribution >= 0.6 is 23.2 Å². The third kappa shape index (κ3) is 3.13. The Morgan fingerprint density at radius 3 is 2.84 bits per heavy atom. The van der Waals surface area contributed by atoms with E-state index in [9.17, 15) is 4.79 Å². The lowest BCUT2D eigenvalue weighted by Crippen LogP contribution is -2.13. The van der Waals surface area contributed by atoms with Gasteiger partial charge in [0.25, 0.3) is 5.91 Å². The first kappa shape index (κ1) is 13.6. The number of anilines is 1. The second kappa shape index (κ2) is 5.86. The van der Waals surface area contributed by atoms with Crippen LogP contribution in [0.2, 0.25) is 10.2 Å². The highest BCUT2D eigenvalue weighted by atomic mass is 35.5. The smallest absolute Gasteiger partial charge is 0.257 e. The van der Waals surface area contributed by atoms with Gasteiger partial charge in [0, 0.05) is 12.4 Å². The van der Waals surface area contributed by atoms with Crippen molar-refractivity contribution in [3.05, 3.63) is 46.3 Å². The Balaban J connectivity index is 2.23. The molecule has 0 bridgehead atoms. The van der Waals surface area contributed by atoms with E-state index in [1.54, 1.807) is 18.3 Å². The van der Waals surface area contributed by atoms with E-state index >= 15 is 0 Å². The molecule has 19 heavy (non-hydrogen) atoms. The quantitative estimate of drug-likeness (QED) is 0.885. The molecule has 0 spiro atoms. The summed E-state index contributed by atoms with van der Waals surface area (Å²) < 4.78 is 5.04. The molecule has 0 saturated carbocycles. The fourth-order valence-electron chi connectivity index (χ4n) is 1.39. The number of halogens is 2. The molecule has 0 fully saturated rings. The summed E-state index contributed by atoms with van der Waals surface area (Å²) in [6, 6.07) is 4.80. The topological polar surface area (TPSA) is 64.1 Å². The van der Waals surface area contributed by atoms with Gasteiger partial charge < -0.3 is 10.1 Å². The molecule has 2 aromatic heterocycles. The number of pyridine rings is 2. The molecule has 0 saturated heterocycles. The first-order valence-electron chi connectivity index (χ1n) is 5.23. The summed E-state index contributed by atoms with van der Waals surface area (Å²) in [6.45, 7) is 0. The summed E-state index contributed by atoms with van der Waals surface area (Å²) in [5.41, 5.74) is 0.751. The summed E-state index contributed by atoms with van der Waals surface area (Å²) in [4.78, 5) is 19.8. The molecule has 5 nitrogen and oxygen atoms in total. The van der Waals surface area contributed by atoms with E-state index in [0.717, 1.165) is 0 Å². The van der Waals surface area contributed by atoms with Gasteiger partial charge in [-0.1, -0.05) is 23.2 Å². The van der Waals surface area contributed by atoms with E-state index in [1.165, 1.54) is 19.4 Å². The predicted octanol–water partition coefficient (Wildman–Crippen LogP) is 3.04. The number of hydrogen-bond donors (Lipinski definition) is 1. The van der Waals surface area contributed by atoms with Gasteiger partial charge in [0.1, 0.15) is 10.8 Å². The Bertz CT molecular complexity index is 620. The standard InChI is InChI=1S/C12H9Cl2N3O2/c1-19-12-9(3-2-4-15-12)17-11(18)7-5-8(13)10(14)16-6-7/h2-6H,1H3,(H,17,18). The number of rotatable bonds is 3. The highest BCUT2D eigenvalue weighted by Gasteiger charge is 2.12. The number of ether oxygens (including phenoxy) is 1. The molecule has 2 heterocycles. The molecule has 1 amide bonds. The van der Waals surface area contributed by atoms with Crippen molar-refractivity contribution in [1.29, 1.82) is 0 Å². The number of carbonyl (C=O) groups is 1. The number of amides is 1. The molecule has 2 aromatic rings. The second-order valence-electron chi connectivity index (χ2n) is 3.51. The normalized spacial score (nSPS) is 10.1. The Morgan fingerprint density at radius 1 is 1.37 bits per heavy atom. The number of methoxy groups -OCH3 is 1. The summed E-state index contributed by atoms with van der Waals surface area (Å²) in [5.74, 6) is -0.0544. The molecule has 0 aliphatic carbocycles. The van der Waals surface area contributed by atoms with Crippen LogP contribution in [-0.2, 0) is 0 Å². The van der Waals surface area contributed by atoms with E-state index in [0.29, 0.717) is 17.1 Å². The first-order chi connectivity index (χ1) is 9.11. The molecule has 0 aliphatic heterocycles. The van der Waals surface area contributed by atoms with Crippen LogP contribution in [0.25, 0.3) is 0 Å². The van der Waals surface area contributed by atoms with Gasteiger partial charge in [-0.05, 0) is 18.2 Å². The zero-order valence-electron chi connectivity index (χ0n) is 9.85. The maximum Gasteiger partial charge on any atom is 0.257 e. The second-order valence-corrected chi connectivity index (χ2v) is 4.28. The average Bonchev–Trinajstić information content (AvgIpc) is 2.42. The summed E-state index contributed by atoms with van der Waals surface area (Å²) in [5, 5.41) is 3.02. The highest BCUT2D eigenvalue weighted by molar-refractivity contribution is 6.41. The zero-order chi connectivity index (χ0) is 13.8. The Morgan fingerprint density at radius 2 is 2.16 bits per heavy atom. The molecule has 7 heteroatoms. The lowest BCUT2D eigenvalue weighted by molar-refractivity contribution is 0.102. The Labute approximate surface area is 119 Å². The van der Waals surface area contributed by atoms with Crippen LogP contribution in [0.5, 0.6) is 5.88 Å². The fourth-order valence-corrected chi connectivity index (χ4v) is 1.66. The highest BCUT2D eigenvalue weighted by Crippen LogP contribution is 2.23. The van der Waals surface area contributed by atoms with Crippen molar-refractivity contribution >= 4 is 34.8 Å². The average molecular weight is 298 g/mol. The number of hydrogen-bond acceptors (Lipinski definition) is 4. The van der Waals surface area contributed by atoms with Gasteiger partial charge >= 0.3 is 0 Å². The van der Waals surface area contributed by atoms with Crippen molar-refractivity contribution < 1.29 is 9.53 Å². The lowest BCUT2D eigenvalue weighted by atomic mass is 10.2. The Hall–Kier alpha value is -1.85. The van der Waals surface area contributed by atoms with Gasteiger partial charge in [0.2, 0.25) is 5.88 Å². The van der Waals surface area contributed by atoms with Gasteiger partial charge in [-0.2, -0.15) is 0 Å². The van der Waals surface area contributed by atoms with E-state index < -0.39 is 0 Å². The summed E-state index contributed by atoms with van der Waals surface area (Å²) >= 11 is 11.5. The van der Waals surface area contributed by atoms with Crippen LogP contribution in [0.3, 0.4) is 0 Å². The van der Waals surface area contributed by atoms with Crippen molar-refractivity contribution in [2.45, 2.75) is 0 Å². The van der Waals surface area contributed by atoms with Crippen molar-refractivity contribution in [2.75, 3.05) is 12.4 Å². The molecule has 0 atom stereocenters. The third-order valence-electron chi connectivity index (χ3n) is 2.27. The molecule has 0 aliphatic rings. The minimum Gasteiger partial charge on any atom is -0.480 e. The zero-order valence-corrected chi connectivity index (χ0v) is 11.4. The largest absolute Gasteiger partial charge is 0.480 e. The first-order valence-corrected chi connectivity index (χ1v) is 5.99. The SMILES string of the molecule is COc1ncccc1NC(=O)c1cnc(Cl)c(Cl)c1. The van der Waals surface area contributed by atoms with Gasteiger partial charge in [-0.25, -0.2) is 9.97 Å². The number of nitrogens with zero attached hydrogens (tertiary/aromatic N) is 2. The minimum absolute atomic E-state index is 0.150. The van der Waals surface area contributed by atoms with Gasteiger partial charge in [-0.3, -0.25) is 4.79 Å². The maximum absolute atomic E-state index is 12.0. The van der Waals surface area contributed by atoms with E-state index in [2.05, 4.69) is 15.3 Å². The van der Waals surface area contributed by atoms with Crippen LogP contribution in [-0.4, -0.2) is 23.0 Å². The van der Waals surface area contributed by atoms with Crippen LogP contribution in [0.1, 0.15) is 10.4 Å². The van der Waals surface area contributed by atoms with Crippen LogP contribution < -0.4 is 10.1 Å². The minimum atomic E-state index is -0.377. The molecule has 0 radical (unpaired) electrons. The summed E-state index contributed by atoms with van der Waals surface area (Å²) in [6.07, 6.45) is 2.90. The maximum atomic E-state index is 12.0. The summed E-state index contributed by atoms with van der Waals surface area (Å²) in [7, 11) is 1.47. The molecule has 1 N–H and O–H groups in total. The van der Waals surface area contributed by atoms with Crippen molar-refractivity contribution in [3.63, 3.8) is 0 Å². The molecule has 0 aromatic carbocycles.